The van der Waals surface area contributed by atoms with Gasteiger partial charge in [0.15, 0.2) is 0 Å². The number of carboxylic acid groups (broad SMARTS) is 1. The lowest BCUT2D eigenvalue weighted by Crippen LogP contribution is -2.58. The Hall–Kier alpha value is -2.64. The van der Waals surface area contributed by atoms with Gasteiger partial charge in [-0.25, -0.2) is 4.79 Å². The fourth-order valence-electron chi connectivity index (χ4n) is 3.94. The maximum Gasteiger partial charge on any atom is 0.331 e. The maximum atomic E-state index is 11.9. The number of furan rings is 1. The van der Waals surface area contributed by atoms with Gasteiger partial charge in [0.05, 0.1) is 24.5 Å². The molecule has 7 heteroatoms. The van der Waals surface area contributed by atoms with Gasteiger partial charge in [-0.2, -0.15) is 0 Å². The van der Waals surface area contributed by atoms with Crippen LogP contribution in [0.15, 0.2) is 46.6 Å². The third kappa shape index (κ3) is 5.29. The number of nitrogens with one attached hydrogen (secondary N) is 2. The van der Waals surface area contributed by atoms with E-state index < -0.39 is 12.1 Å². The molecule has 1 unspecified atom stereocenters. The average molecular weight is 415 g/mol. The third-order valence-corrected chi connectivity index (χ3v) is 5.58. The predicted octanol–water partition coefficient (Wildman–Crippen LogP) is 3.38. The molecule has 0 saturated carbocycles. The summed E-state index contributed by atoms with van der Waals surface area (Å²) < 4.78 is 11.6. The topological polar surface area (TPSA) is 101 Å². The molecule has 0 aliphatic heterocycles. The molecule has 0 bridgehead atoms. The molecule has 0 saturated heterocycles. The quantitative estimate of drug-likeness (QED) is 0.582. The van der Waals surface area contributed by atoms with Crippen molar-refractivity contribution in [1.29, 1.82) is 0 Å². The number of hydrogen-bond donors (Lipinski definition) is 3. The summed E-state index contributed by atoms with van der Waals surface area (Å²) in [5.74, 6) is -1.13. The summed E-state index contributed by atoms with van der Waals surface area (Å²) >= 11 is 0. The number of carbonyl (C=O) groups is 2. The van der Waals surface area contributed by atoms with Crippen LogP contribution in [0.4, 0.5) is 0 Å². The van der Waals surface area contributed by atoms with Gasteiger partial charge in [-0.15, -0.1) is 0 Å². The van der Waals surface area contributed by atoms with Crippen LogP contribution in [-0.4, -0.2) is 41.3 Å². The largest absolute Gasteiger partial charge is 0.478 e. The van der Waals surface area contributed by atoms with E-state index in [9.17, 15) is 14.7 Å². The number of ether oxygens (including phenoxy) is 1. The van der Waals surface area contributed by atoms with Crippen LogP contribution in [0.1, 0.15) is 45.6 Å². The van der Waals surface area contributed by atoms with Crippen molar-refractivity contribution >= 4 is 22.8 Å². The Balaban J connectivity index is 1.82. The molecule has 1 aliphatic carbocycles. The SMILES string of the molecule is CCC(CC)OC1C=C(C(=O)O)C[C@H](NCc2ccc3occc3c2)[C@H]1NC(C)=O. The molecule has 0 radical (unpaired) electrons. The smallest absolute Gasteiger partial charge is 0.331 e. The highest BCUT2D eigenvalue weighted by atomic mass is 16.5. The molecule has 1 heterocycles. The van der Waals surface area contributed by atoms with Crippen LogP contribution in [0, 0.1) is 0 Å². The molecule has 1 amide bonds. The molecule has 3 N–H and O–H groups in total. The van der Waals surface area contributed by atoms with E-state index in [1.54, 1.807) is 12.3 Å². The Morgan fingerprint density at radius 1 is 1.27 bits per heavy atom. The second-order valence-electron chi connectivity index (χ2n) is 7.75. The number of carbonyl (C=O) groups excluding carboxylic acids is 1. The van der Waals surface area contributed by atoms with E-state index in [4.69, 9.17) is 9.15 Å². The zero-order valence-corrected chi connectivity index (χ0v) is 17.7. The normalized spacial score (nSPS) is 21.6. The lowest BCUT2D eigenvalue weighted by Gasteiger charge is -2.38. The zero-order chi connectivity index (χ0) is 21.7. The fourth-order valence-corrected chi connectivity index (χ4v) is 3.94. The summed E-state index contributed by atoms with van der Waals surface area (Å²) in [4.78, 5) is 23.6. The van der Waals surface area contributed by atoms with Gasteiger partial charge in [0.2, 0.25) is 5.91 Å². The number of aliphatic carboxylic acids is 1. The van der Waals surface area contributed by atoms with Crippen molar-refractivity contribution in [2.75, 3.05) is 0 Å². The molecule has 0 spiro atoms. The Labute approximate surface area is 176 Å². The van der Waals surface area contributed by atoms with E-state index in [2.05, 4.69) is 10.6 Å². The maximum absolute atomic E-state index is 11.9. The van der Waals surface area contributed by atoms with E-state index in [0.717, 1.165) is 29.4 Å². The average Bonchev–Trinajstić information content (AvgIpc) is 3.19. The van der Waals surface area contributed by atoms with Crippen molar-refractivity contribution in [2.24, 2.45) is 0 Å². The summed E-state index contributed by atoms with van der Waals surface area (Å²) in [7, 11) is 0. The van der Waals surface area contributed by atoms with Crippen molar-refractivity contribution < 1.29 is 23.8 Å². The van der Waals surface area contributed by atoms with Gasteiger partial charge in [-0.1, -0.05) is 19.9 Å². The van der Waals surface area contributed by atoms with Gasteiger partial charge in [0, 0.05) is 30.5 Å². The Bertz CT molecular complexity index is 915. The van der Waals surface area contributed by atoms with Crippen LogP contribution in [0.3, 0.4) is 0 Å². The van der Waals surface area contributed by atoms with Crippen molar-refractivity contribution in [2.45, 2.75) is 70.9 Å². The highest BCUT2D eigenvalue weighted by Crippen LogP contribution is 2.25. The minimum absolute atomic E-state index is 0.000184. The van der Waals surface area contributed by atoms with E-state index in [0.29, 0.717) is 18.5 Å². The standard InChI is InChI=1S/C23H30N2O5/c1-4-18(5-2)30-21-12-17(23(27)28)11-19(22(21)25-14(3)26)24-13-15-6-7-20-16(10-15)8-9-29-20/h6-10,12,18-19,21-22,24H,4-5,11,13H2,1-3H3,(H,25,26)(H,27,28)/t19-,21?,22+/m0/s1. The molecule has 1 aromatic carbocycles. The minimum Gasteiger partial charge on any atom is -0.478 e. The first-order valence-electron chi connectivity index (χ1n) is 10.5. The lowest BCUT2D eigenvalue weighted by molar-refractivity contribution is -0.133. The molecular formula is C23H30N2O5. The number of benzene rings is 1. The van der Waals surface area contributed by atoms with Crippen LogP contribution in [0.25, 0.3) is 11.0 Å². The van der Waals surface area contributed by atoms with Crippen LogP contribution in [-0.2, 0) is 20.9 Å². The van der Waals surface area contributed by atoms with Gasteiger partial charge in [-0.05, 0) is 49.1 Å². The Morgan fingerprint density at radius 3 is 2.70 bits per heavy atom. The third-order valence-electron chi connectivity index (χ3n) is 5.58. The number of hydrogen-bond acceptors (Lipinski definition) is 5. The summed E-state index contributed by atoms with van der Waals surface area (Å²) in [6.45, 7) is 6.07. The summed E-state index contributed by atoms with van der Waals surface area (Å²) in [5.41, 5.74) is 2.17. The number of carboxylic acids is 1. The summed E-state index contributed by atoms with van der Waals surface area (Å²) in [5, 5.41) is 17.1. The van der Waals surface area contributed by atoms with Crippen LogP contribution in [0.2, 0.25) is 0 Å². The number of fused-ring (bicyclic) bond motifs is 1. The number of amides is 1. The van der Waals surface area contributed by atoms with Crippen molar-refractivity contribution in [3.05, 3.63) is 47.7 Å². The zero-order valence-electron chi connectivity index (χ0n) is 17.7. The molecule has 1 aliphatic rings. The van der Waals surface area contributed by atoms with Crippen LogP contribution < -0.4 is 10.6 Å². The van der Waals surface area contributed by atoms with Gasteiger partial charge in [0.1, 0.15) is 5.58 Å². The van der Waals surface area contributed by atoms with Gasteiger partial charge >= 0.3 is 5.97 Å². The molecule has 162 valence electrons. The highest BCUT2D eigenvalue weighted by molar-refractivity contribution is 5.87. The molecule has 3 atom stereocenters. The van der Waals surface area contributed by atoms with E-state index in [-0.39, 0.29) is 24.1 Å². The van der Waals surface area contributed by atoms with Gasteiger partial charge in [-0.3, -0.25) is 4.79 Å². The Kier molecular flexibility index (Phi) is 7.29. The van der Waals surface area contributed by atoms with E-state index >= 15 is 0 Å². The summed E-state index contributed by atoms with van der Waals surface area (Å²) in [6.07, 6.45) is 4.73. The van der Waals surface area contributed by atoms with Crippen molar-refractivity contribution in [3.63, 3.8) is 0 Å². The lowest BCUT2D eigenvalue weighted by atomic mass is 9.87. The second kappa shape index (κ2) is 9.91. The molecule has 3 rings (SSSR count). The first-order chi connectivity index (χ1) is 14.4. The van der Waals surface area contributed by atoms with Gasteiger partial charge < -0.3 is 24.9 Å². The molecule has 0 fully saturated rings. The van der Waals surface area contributed by atoms with Crippen molar-refractivity contribution in [1.82, 2.24) is 10.6 Å². The van der Waals surface area contributed by atoms with Crippen LogP contribution >= 0.6 is 0 Å². The first kappa shape index (κ1) is 22.1. The first-order valence-corrected chi connectivity index (χ1v) is 10.5. The van der Waals surface area contributed by atoms with Crippen LogP contribution in [0.5, 0.6) is 0 Å². The monoisotopic (exact) mass is 414 g/mol. The molecule has 2 aromatic rings. The molecule has 1 aromatic heterocycles. The highest BCUT2D eigenvalue weighted by Gasteiger charge is 2.37. The second-order valence-corrected chi connectivity index (χ2v) is 7.75. The van der Waals surface area contributed by atoms with E-state index in [1.807, 2.05) is 38.1 Å². The number of rotatable bonds is 9. The fraction of sp³-hybridized carbons (Fsp3) is 0.478. The molecule has 30 heavy (non-hydrogen) atoms. The minimum atomic E-state index is -0.957. The summed E-state index contributed by atoms with van der Waals surface area (Å²) in [6, 6.07) is 7.20. The van der Waals surface area contributed by atoms with E-state index in [1.165, 1.54) is 6.92 Å². The molecule has 7 nitrogen and oxygen atoms in total. The van der Waals surface area contributed by atoms with Gasteiger partial charge in [0.25, 0.3) is 0 Å². The Morgan fingerprint density at radius 2 is 2.03 bits per heavy atom. The predicted molar refractivity (Wildman–Crippen MR) is 114 cm³/mol. The van der Waals surface area contributed by atoms with Crippen molar-refractivity contribution in [3.8, 4) is 0 Å². The molecular weight excluding hydrogens is 384 g/mol.